The third kappa shape index (κ3) is 4.34. The summed E-state index contributed by atoms with van der Waals surface area (Å²) in [6.45, 7) is 6.39. The van der Waals surface area contributed by atoms with Crippen molar-refractivity contribution in [3.63, 3.8) is 0 Å². The third-order valence-corrected chi connectivity index (χ3v) is 7.34. The normalized spacial score (nSPS) is 17.0. The fraction of sp³-hybridized carbons (Fsp3) is 0.207. The lowest BCUT2D eigenvalue weighted by atomic mass is 9.95. The number of carbonyl (C=O) groups is 2. The number of methoxy groups -OCH3 is 1. The number of aliphatic hydroxyl groups is 1. The molecule has 37 heavy (non-hydrogen) atoms. The van der Waals surface area contributed by atoms with Gasteiger partial charge in [0.15, 0.2) is 5.13 Å². The van der Waals surface area contributed by atoms with Crippen molar-refractivity contribution in [1.29, 1.82) is 0 Å². The van der Waals surface area contributed by atoms with Crippen LogP contribution in [0.25, 0.3) is 16.0 Å². The summed E-state index contributed by atoms with van der Waals surface area (Å²) in [5.74, 6) is -0.470. The summed E-state index contributed by atoms with van der Waals surface area (Å²) in [7, 11) is 1.55. The van der Waals surface area contributed by atoms with Crippen LogP contribution in [0.3, 0.4) is 0 Å². The number of aromatic nitrogens is 1. The van der Waals surface area contributed by atoms with Gasteiger partial charge in [0.1, 0.15) is 17.3 Å². The summed E-state index contributed by atoms with van der Waals surface area (Å²) >= 11 is 1.35. The lowest BCUT2D eigenvalue weighted by Crippen LogP contribution is -2.29. The number of thiazole rings is 1. The first kappa shape index (κ1) is 24.5. The number of carbonyl (C=O) groups excluding carboxylic acids is 2. The van der Waals surface area contributed by atoms with Crippen LogP contribution in [0.15, 0.2) is 66.2 Å². The molecule has 1 N–H and O–H groups in total. The van der Waals surface area contributed by atoms with Gasteiger partial charge in [-0.3, -0.25) is 14.5 Å². The van der Waals surface area contributed by atoms with Crippen LogP contribution in [-0.4, -0.2) is 35.5 Å². The topological polar surface area (TPSA) is 89.0 Å². The van der Waals surface area contributed by atoms with Crippen LogP contribution in [-0.2, 0) is 9.59 Å². The van der Waals surface area contributed by atoms with Crippen molar-refractivity contribution >= 4 is 44.1 Å². The zero-order valence-electron chi connectivity index (χ0n) is 20.9. The van der Waals surface area contributed by atoms with E-state index in [1.807, 2.05) is 32.9 Å². The van der Waals surface area contributed by atoms with Crippen LogP contribution < -0.4 is 14.4 Å². The number of aliphatic hydroxyl groups excluding tert-OH is 1. The molecular weight excluding hydrogens is 488 g/mol. The first-order valence-electron chi connectivity index (χ1n) is 11.9. The van der Waals surface area contributed by atoms with Crippen LogP contribution in [0.1, 0.15) is 35.2 Å². The molecule has 0 spiro atoms. The molecule has 1 aliphatic heterocycles. The minimum absolute atomic E-state index is 0.00600. The predicted molar refractivity (Wildman–Crippen MR) is 144 cm³/mol. The summed E-state index contributed by atoms with van der Waals surface area (Å²) in [5.41, 5.74) is 3.93. The molecule has 7 nitrogen and oxygen atoms in total. The summed E-state index contributed by atoms with van der Waals surface area (Å²) in [4.78, 5) is 33.1. The average Bonchev–Trinajstić information content (AvgIpc) is 3.43. The van der Waals surface area contributed by atoms with E-state index in [0.717, 1.165) is 21.3 Å². The monoisotopic (exact) mass is 514 g/mol. The first-order chi connectivity index (χ1) is 17.8. The first-order valence-corrected chi connectivity index (χ1v) is 12.7. The molecule has 1 aliphatic rings. The summed E-state index contributed by atoms with van der Waals surface area (Å²) in [6, 6.07) is 17.1. The van der Waals surface area contributed by atoms with Gasteiger partial charge in [0, 0.05) is 5.56 Å². The van der Waals surface area contributed by atoms with Crippen molar-refractivity contribution in [2.75, 3.05) is 18.6 Å². The van der Waals surface area contributed by atoms with Crippen LogP contribution in [0.4, 0.5) is 5.13 Å². The number of fused-ring (bicyclic) bond motifs is 1. The number of aryl methyl sites for hydroxylation is 2. The Labute approximate surface area is 218 Å². The van der Waals surface area contributed by atoms with Crippen molar-refractivity contribution in [2.45, 2.75) is 26.8 Å². The number of ketones is 1. The molecule has 0 bridgehead atoms. The van der Waals surface area contributed by atoms with Crippen LogP contribution in [0.5, 0.6) is 11.5 Å². The lowest BCUT2D eigenvalue weighted by Gasteiger charge is -2.23. The molecule has 188 valence electrons. The molecule has 4 aromatic rings. The molecule has 0 radical (unpaired) electrons. The van der Waals surface area contributed by atoms with Gasteiger partial charge in [-0.2, -0.15) is 0 Å². The maximum absolute atomic E-state index is 13.5. The minimum Gasteiger partial charge on any atom is -0.507 e. The smallest absolute Gasteiger partial charge is 0.301 e. The SMILES string of the molecule is CCOc1ccc([C@@H]2/C(=C(\O)c3ccc(OC)cc3)C(=O)C(=O)N2c2nc3c(C)cc(C)cc3s2)cc1. The van der Waals surface area contributed by atoms with Crippen molar-refractivity contribution < 1.29 is 24.2 Å². The number of rotatable bonds is 6. The fourth-order valence-corrected chi connectivity index (χ4v) is 5.79. The van der Waals surface area contributed by atoms with Gasteiger partial charge in [0.25, 0.3) is 5.78 Å². The number of anilines is 1. The zero-order valence-corrected chi connectivity index (χ0v) is 21.8. The quantitative estimate of drug-likeness (QED) is 0.194. The Morgan fingerprint density at radius 1 is 1.03 bits per heavy atom. The molecule has 1 amide bonds. The van der Waals surface area contributed by atoms with Crippen LogP contribution >= 0.6 is 11.3 Å². The second-order valence-corrected chi connectivity index (χ2v) is 9.83. The van der Waals surface area contributed by atoms with Crippen molar-refractivity contribution in [2.24, 2.45) is 0 Å². The van der Waals surface area contributed by atoms with Gasteiger partial charge in [0.2, 0.25) is 0 Å². The van der Waals surface area contributed by atoms with Crippen LogP contribution in [0.2, 0.25) is 0 Å². The Hall–Kier alpha value is -4.17. The van der Waals surface area contributed by atoms with Crippen molar-refractivity contribution in [1.82, 2.24) is 4.98 Å². The average molecular weight is 515 g/mol. The number of hydrogen-bond acceptors (Lipinski definition) is 7. The highest BCUT2D eigenvalue weighted by Gasteiger charge is 2.48. The fourth-order valence-electron chi connectivity index (χ4n) is 4.62. The number of benzene rings is 3. The highest BCUT2D eigenvalue weighted by Crippen LogP contribution is 2.45. The van der Waals surface area contributed by atoms with Gasteiger partial charge >= 0.3 is 5.91 Å². The molecule has 1 saturated heterocycles. The van der Waals surface area contributed by atoms with E-state index in [4.69, 9.17) is 14.5 Å². The van der Waals surface area contributed by atoms with E-state index in [1.54, 1.807) is 55.6 Å². The Balaban J connectivity index is 1.70. The third-order valence-electron chi connectivity index (χ3n) is 6.34. The molecule has 0 aliphatic carbocycles. The Morgan fingerprint density at radius 2 is 1.70 bits per heavy atom. The maximum atomic E-state index is 13.5. The number of nitrogens with zero attached hydrogens (tertiary/aromatic N) is 2. The summed E-state index contributed by atoms with van der Waals surface area (Å²) in [5, 5.41) is 11.7. The molecule has 1 atom stereocenters. The van der Waals surface area contributed by atoms with Gasteiger partial charge in [-0.15, -0.1) is 0 Å². The molecule has 1 fully saturated rings. The van der Waals surface area contributed by atoms with E-state index in [-0.39, 0.29) is 11.3 Å². The largest absolute Gasteiger partial charge is 0.507 e. The predicted octanol–water partition coefficient (Wildman–Crippen LogP) is 5.95. The van der Waals surface area contributed by atoms with Crippen molar-refractivity contribution in [3.05, 3.63) is 88.5 Å². The molecule has 1 aromatic heterocycles. The number of Topliss-reactive ketones (excluding diaryl/α,β-unsaturated/α-hetero) is 1. The Kier molecular flexibility index (Phi) is 6.43. The molecular formula is C29H26N2O5S. The molecule has 8 heteroatoms. The minimum atomic E-state index is -0.861. The Bertz CT molecular complexity index is 1540. The second kappa shape index (κ2) is 9.71. The molecule has 5 rings (SSSR count). The summed E-state index contributed by atoms with van der Waals surface area (Å²) < 4.78 is 11.7. The van der Waals surface area contributed by atoms with E-state index in [0.29, 0.717) is 34.4 Å². The van der Waals surface area contributed by atoms with Gasteiger partial charge in [-0.1, -0.05) is 29.5 Å². The summed E-state index contributed by atoms with van der Waals surface area (Å²) in [6.07, 6.45) is 0. The van der Waals surface area contributed by atoms with E-state index in [2.05, 4.69) is 0 Å². The standard InChI is InChI=1S/C29H26N2O5S/c1-5-36-21-12-6-18(7-13-21)25-23(26(32)19-8-10-20(35-4)11-9-19)27(33)28(34)31(25)29-30-24-17(3)14-16(2)15-22(24)37-29/h6-15,25,32H,5H2,1-4H3/b26-23+/t25-/m1/s1. The zero-order chi connectivity index (χ0) is 26.3. The second-order valence-electron chi connectivity index (χ2n) is 8.82. The number of ether oxygens (including phenoxy) is 2. The van der Waals surface area contributed by atoms with E-state index < -0.39 is 17.7 Å². The lowest BCUT2D eigenvalue weighted by molar-refractivity contribution is -0.132. The molecule has 0 unspecified atom stereocenters. The van der Waals surface area contributed by atoms with Gasteiger partial charge in [-0.25, -0.2) is 4.98 Å². The van der Waals surface area contributed by atoms with E-state index in [9.17, 15) is 14.7 Å². The van der Waals surface area contributed by atoms with E-state index in [1.165, 1.54) is 16.2 Å². The number of amides is 1. The van der Waals surface area contributed by atoms with Crippen LogP contribution in [0, 0.1) is 13.8 Å². The van der Waals surface area contributed by atoms with Gasteiger partial charge < -0.3 is 14.6 Å². The molecule has 3 aromatic carbocycles. The molecule has 2 heterocycles. The van der Waals surface area contributed by atoms with E-state index >= 15 is 0 Å². The Morgan fingerprint density at radius 3 is 2.35 bits per heavy atom. The highest BCUT2D eigenvalue weighted by atomic mass is 32.1. The highest BCUT2D eigenvalue weighted by molar-refractivity contribution is 7.22. The number of hydrogen-bond donors (Lipinski definition) is 1. The van der Waals surface area contributed by atoms with Gasteiger partial charge in [-0.05, 0) is 79.9 Å². The van der Waals surface area contributed by atoms with Crippen molar-refractivity contribution in [3.8, 4) is 11.5 Å². The maximum Gasteiger partial charge on any atom is 0.301 e. The van der Waals surface area contributed by atoms with Gasteiger partial charge in [0.05, 0.1) is 35.5 Å². The molecule has 0 saturated carbocycles.